The minimum atomic E-state index is -1.12. The van der Waals surface area contributed by atoms with Crippen LogP contribution in [0, 0.1) is 0 Å². The van der Waals surface area contributed by atoms with Crippen LogP contribution in [0.1, 0.15) is 10.4 Å². The number of nitrogens with zero attached hydrogens (tertiary/aromatic N) is 3. The lowest BCUT2D eigenvalue weighted by Gasteiger charge is -2.08. The van der Waals surface area contributed by atoms with E-state index in [1.165, 1.54) is 22.8 Å². The minimum absolute atomic E-state index is 0.0116. The van der Waals surface area contributed by atoms with Crippen LogP contribution in [0.15, 0.2) is 36.5 Å². The normalized spacial score (nSPS) is 10.8. The number of pyridine rings is 1. The highest BCUT2D eigenvalue weighted by atomic mass is 16.4. The van der Waals surface area contributed by atoms with Crippen molar-refractivity contribution in [2.24, 2.45) is 0 Å². The molecule has 4 N–H and O–H groups in total. The third-order valence-electron chi connectivity index (χ3n) is 2.91. The lowest BCUT2D eigenvalue weighted by Crippen LogP contribution is -2.02. The van der Waals surface area contributed by atoms with Crippen molar-refractivity contribution in [1.82, 2.24) is 14.6 Å². The molecule has 0 saturated heterocycles. The third-order valence-corrected chi connectivity index (χ3v) is 2.91. The molecule has 1 aromatic carbocycles. The first-order valence-corrected chi connectivity index (χ1v) is 5.74. The molecule has 0 aliphatic rings. The molecule has 20 heavy (non-hydrogen) atoms. The van der Waals surface area contributed by atoms with Gasteiger partial charge in [-0.15, -0.1) is 5.10 Å². The number of phenolic OH excluding ortho intramolecular Hbond substituents is 1. The molecule has 7 nitrogen and oxygen atoms in total. The van der Waals surface area contributed by atoms with Crippen molar-refractivity contribution in [2.45, 2.75) is 0 Å². The Morgan fingerprint density at radius 3 is 2.70 bits per heavy atom. The maximum atomic E-state index is 11.4. The average Bonchev–Trinajstić information content (AvgIpc) is 2.77. The highest BCUT2D eigenvalue weighted by Gasteiger charge is 2.17. The first-order valence-electron chi connectivity index (χ1n) is 5.74. The van der Waals surface area contributed by atoms with Gasteiger partial charge in [0, 0.05) is 17.3 Å². The van der Waals surface area contributed by atoms with Gasteiger partial charge in [0.05, 0.1) is 5.56 Å². The van der Waals surface area contributed by atoms with Crippen LogP contribution in [0.25, 0.3) is 16.8 Å². The fourth-order valence-electron chi connectivity index (χ4n) is 2.04. The number of hydrogen-bond donors (Lipinski definition) is 3. The number of benzene rings is 1. The van der Waals surface area contributed by atoms with Gasteiger partial charge in [-0.2, -0.15) is 4.98 Å². The van der Waals surface area contributed by atoms with E-state index < -0.39 is 5.97 Å². The Labute approximate surface area is 112 Å². The minimum Gasteiger partial charge on any atom is -0.507 e. The SMILES string of the molecule is Nc1nc2cc(C(=O)O)c(-c3ccccc3O)cn2n1. The number of aromatic carboxylic acids is 1. The first kappa shape index (κ1) is 12.0. The molecule has 0 aliphatic heterocycles. The molecule has 100 valence electrons. The highest BCUT2D eigenvalue weighted by Crippen LogP contribution is 2.31. The highest BCUT2D eigenvalue weighted by molar-refractivity contribution is 5.97. The van der Waals surface area contributed by atoms with Crippen molar-refractivity contribution in [3.8, 4) is 16.9 Å². The lowest BCUT2D eigenvalue weighted by molar-refractivity contribution is 0.0697. The Kier molecular flexibility index (Phi) is 2.53. The number of aromatic hydroxyl groups is 1. The number of phenols is 1. The molecular formula is C13H10N4O3. The van der Waals surface area contributed by atoms with E-state index in [-0.39, 0.29) is 17.3 Å². The second-order valence-electron chi connectivity index (χ2n) is 4.20. The summed E-state index contributed by atoms with van der Waals surface area (Å²) in [6.45, 7) is 0. The average molecular weight is 270 g/mol. The second-order valence-corrected chi connectivity index (χ2v) is 4.20. The number of carbonyl (C=O) groups is 1. The van der Waals surface area contributed by atoms with Crippen molar-refractivity contribution in [3.63, 3.8) is 0 Å². The van der Waals surface area contributed by atoms with E-state index in [0.29, 0.717) is 16.8 Å². The molecule has 0 atom stereocenters. The van der Waals surface area contributed by atoms with Gasteiger partial charge in [-0.05, 0) is 12.1 Å². The second kappa shape index (κ2) is 4.23. The summed E-state index contributed by atoms with van der Waals surface area (Å²) in [4.78, 5) is 15.3. The van der Waals surface area contributed by atoms with Crippen molar-refractivity contribution < 1.29 is 15.0 Å². The van der Waals surface area contributed by atoms with Crippen LogP contribution in [-0.4, -0.2) is 30.8 Å². The van der Waals surface area contributed by atoms with E-state index in [1.807, 2.05) is 0 Å². The summed E-state index contributed by atoms with van der Waals surface area (Å²) in [7, 11) is 0. The van der Waals surface area contributed by atoms with Crippen molar-refractivity contribution in [2.75, 3.05) is 5.73 Å². The number of aromatic nitrogens is 3. The Balaban J connectivity index is 2.35. The van der Waals surface area contributed by atoms with Gasteiger partial charge in [0.15, 0.2) is 5.65 Å². The molecule has 2 aromatic heterocycles. The van der Waals surface area contributed by atoms with Crippen molar-refractivity contribution in [1.29, 1.82) is 0 Å². The molecule has 3 rings (SSSR count). The summed E-state index contributed by atoms with van der Waals surface area (Å²) >= 11 is 0. The van der Waals surface area contributed by atoms with Gasteiger partial charge in [-0.1, -0.05) is 18.2 Å². The molecule has 3 aromatic rings. The van der Waals surface area contributed by atoms with Crippen LogP contribution < -0.4 is 5.73 Å². The van der Waals surface area contributed by atoms with Crippen LogP contribution in [0.2, 0.25) is 0 Å². The van der Waals surface area contributed by atoms with Crippen molar-refractivity contribution in [3.05, 3.63) is 42.1 Å². The van der Waals surface area contributed by atoms with E-state index >= 15 is 0 Å². The zero-order chi connectivity index (χ0) is 14.3. The maximum absolute atomic E-state index is 11.4. The van der Waals surface area contributed by atoms with Gasteiger partial charge in [0.2, 0.25) is 5.95 Å². The van der Waals surface area contributed by atoms with Gasteiger partial charge >= 0.3 is 5.97 Å². The van der Waals surface area contributed by atoms with Crippen LogP contribution in [-0.2, 0) is 0 Å². The monoisotopic (exact) mass is 270 g/mol. The fourth-order valence-corrected chi connectivity index (χ4v) is 2.04. The molecule has 7 heteroatoms. The summed E-state index contributed by atoms with van der Waals surface area (Å²) in [5, 5.41) is 23.1. The first-order chi connectivity index (χ1) is 9.56. The zero-order valence-corrected chi connectivity index (χ0v) is 10.2. The largest absolute Gasteiger partial charge is 0.507 e. The van der Waals surface area contributed by atoms with Crippen LogP contribution >= 0.6 is 0 Å². The van der Waals surface area contributed by atoms with Crippen LogP contribution in [0.3, 0.4) is 0 Å². The smallest absolute Gasteiger partial charge is 0.336 e. The molecule has 0 unspecified atom stereocenters. The van der Waals surface area contributed by atoms with Crippen LogP contribution in [0.5, 0.6) is 5.75 Å². The number of fused-ring (bicyclic) bond motifs is 1. The van der Waals surface area contributed by atoms with Gasteiger partial charge in [0.1, 0.15) is 5.75 Å². The summed E-state index contributed by atoms with van der Waals surface area (Å²) in [5.74, 6) is -1.08. The predicted octanol–water partition coefficient (Wildman–Crippen LogP) is 1.38. The number of carboxylic acids is 1. The Morgan fingerprint density at radius 2 is 2.00 bits per heavy atom. The standard InChI is InChI=1S/C13H10N4O3/c14-13-15-11-5-8(12(19)20)9(6-17(11)16-13)7-3-1-2-4-10(7)18/h1-6,18H,(H2,14,16)(H,19,20). The number of carboxylic acid groups (broad SMARTS) is 1. The molecule has 0 radical (unpaired) electrons. The van der Waals surface area contributed by atoms with Gasteiger partial charge in [-0.3, -0.25) is 0 Å². The third kappa shape index (κ3) is 1.81. The van der Waals surface area contributed by atoms with Gasteiger partial charge in [0.25, 0.3) is 0 Å². The van der Waals surface area contributed by atoms with Gasteiger partial charge in [-0.25, -0.2) is 9.31 Å². The van der Waals surface area contributed by atoms with E-state index in [4.69, 9.17) is 5.73 Å². The zero-order valence-electron chi connectivity index (χ0n) is 10.2. The molecule has 0 spiro atoms. The number of rotatable bonds is 2. The van der Waals surface area contributed by atoms with E-state index in [0.717, 1.165) is 0 Å². The maximum Gasteiger partial charge on any atom is 0.336 e. The lowest BCUT2D eigenvalue weighted by atomic mass is 10.0. The fraction of sp³-hybridized carbons (Fsp3) is 0. The number of anilines is 1. The molecule has 0 fully saturated rings. The van der Waals surface area contributed by atoms with Gasteiger partial charge < -0.3 is 15.9 Å². The quantitative estimate of drug-likeness (QED) is 0.648. The van der Waals surface area contributed by atoms with E-state index in [9.17, 15) is 15.0 Å². The van der Waals surface area contributed by atoms with E-state index in [1.54, 1.807) is 18.2 Å². The Bertz CT molecular complexity index is 826. The number of nitrogen functional groups attached to an aromatic ring is 1. The van der Waals surface area contributed by atoms with Crippen molar-refractivity contribution >= 4 is 17.6 Å². The predicted molar refractivity (Wildman–Crippen MR) is 71.5 cm³/mol. The topological polar surface area (TPSA) is 114 Å². The summed E-state index contributed by atoms with van der Waals surface area (Å²) in [6, 6.07) is 7.85. The number of nitrogens with two attached hydrogens (primary N) is 1. The molecule has 0 saturated carbocycles. The number of hydrogen-bond acceptors (Lipinski definition) is 5. The van der Waals surface area contributed by atoms with Crippen LogP contribution in [0.4, 0.5) is 5.95 Å². The molecule has 0 amide bonds. The summed E-state index contributed by atoms with van der Waals surface area (Å²) < 4.78 is 1.38. The number of para-hydroxylation sites is 1. The molecule has 0 aliphatic carbocycles. The Morgan fingerprint density at radius 1 is 1.25 bits per heavy atom. The molecule has 2 heterocycles. The molecular weight excluding hydrogens is 260 g/mol. The van der Waals surface area contributed by atoms with E-state index in [2.05, 4.69) is 10.1 Å². The summed E-state index contributed by atoms with van der Waals surface area (Å²) in [6.07, 6.45) is 1.48. The summed E-state index contributed by atoms with van der Waals surface area (Å²) in [5.41, 5.74) is 6.59. The Hall–Kier alpha value is -3.09. The molecule has 0 bridgehead atoms.